The number of hydrogen-bond acceptors (Lipinski definition) is 3. The molecule has 0 saturated carbocycles. The van der Waals surface area contributed by atoms with Crippen molar-refractivity contribution in [2.75, 3.05) is 13.2 Å². The summed E-state index contributed by atoms with van der Waals surface area (Å²) < 4.78 is 14.6. The number of imidazole rings is 1. The van der Waals surface area contributed by atoms with E-state index in [1.54, 1.807) is 0 Å². The molecule has 118 valence electrons. The highest BCUT2D eigenvalue weighted by Crippen LogP contribution is 2.39. The van der Waals surface area contributed by atoms with Crippen molar-refractivity contribution in [2.24, 2.45) is 5.41 Å². The molecule has 2 aromatic rings. The third-order valence-electron chi connectivity index (χ3n) is 4.09. The maximum atomic E-state index is 6.24. The van der Waals surface area contributed by atoms with Crippen molar-refractivity contribution in [3.8, 4) is 0 Å². The van der Waals surface area contributed by atoms with Gasteiger partial charge in [-0.2, -0.15) is 0 Å². The second kappa shape index (κ2) is 6.23. The first kappa shape index (κ1) is 15.3. The topological polar surface area (TPSA) is 36.3 Å². The molecule has 0 amide bonds. The number of benzene rings is 1. The molecule has 4 heteroatoms. The van der Waals surface area contributed by atoms with E-state index in [-0.39, 0.29) is 5.41 Å². The smallest absolute Gasteiger partial charge is 0.194 e. The summed E-state index contributed by atoms with van der Waals surface area (Å²) >= 11 is 0. The molecule has 4 nitrogen and oxygen atoms in total. The van der Waals surface area contributed by atoms with Crippen LogP contribution in [0.2, 0.25) is 0 Å². The lowest BCUT2D eigenvalue weighted by atomic mass is 9.92. The SMILES string of the molecule is CC1(C)COC(CCCn2ccnc2)(c2ccccc2)OC1. The third kappa shape index (κ3) is 3.39. The lowest BCUT2D eigenvalue weighted by Crippen LogP contribution is -2.45. The summed E-state index contributed by atoms with van der Waals surface area (Å²) in [4.78, 5) is 4.08. The maximum Gasteiger partial charge on any atom is 0.194 e. The predicted molar refractivity (Wildman–Crippen MR) is 85.3 cm³/mol. The van der Waals surface area contributed by atoms with Gasteiger partial charge in [-0.05, 0) is 6.42 Å². The van der Waals surface area contributed by atoms with E-state index in [1.807, 2.05) is 36.9 Å². The van der Waals surface area contributed by atoms with Crippen LogP contribution in [0.4, 0.5) is 0 Å². The van der Waals surface area contributed by atoms with Crippen LogP contribution in [0.25, 0.3) is 0 Å². The van der Waals surface area contributed by atoms with Crippen LogP contribution in [0.1, 0.15) is 32.3 Å². The lowest BCUT2D eigenvalue weighted by Gasteiger charge is -2.44. The van der Waals surface area contributed by atoms with E-state index in [2.05, 4.69) is 35.5 Å². The minimum absolute atomic E-state index is 0.0721. The van der Waals surface area contributed by atoms with Gasteiger partial charge in [-0.3, -0.25) is 0 Å². The maximum absolute atomic E-state index is 6.24. The Hall–Kier alpha value is -1.65. The zero-order valence-electron chi connectivity index (χ0n) is 13.4. The van der Waals surface area contributed by atoms with Crippen LogP contribution in [-0.4, -0.2) is 22.8 Å². The van der Waals surface area contributed by atoms with Crippen LogP contribution in [0.5, 0.6) is 0 Å². The Morgan fingerprint density at radius 3 is 2.50 bits per heavy atom. The van der Waals surface area contributed by atoms with Gasteiger partial charge in [0.25, 0.3) is 0 Å². The van der Waals surface area contributed by atoms with Crippen molar-refractivity contribution < 1.29 is 9.47 Å². The van der Waals surface area contributed by atoms with Crippen LogP contribution in [0.3, 0.4) is 0 Å². The summed E-state index contributed by atoms with van der Waals surface area (Å²) in [6.45, 7) is 6.70. The molecule has 0 atom stereocenters. The van der Waals surface area contributed by atoms with E-state index in [1.165, 1.54) is 0 Å². The Balaban J connectivity index is 1.72. The lowest BCUT2D eigenvalue weighted by molar-refractivity contribution is -0.311. The summed E-state index contributed by atoms with van der Waals surface area (Å²) in [6, 6.07) is 10.3. The van der Waals surface area contributed by atoms with Crippen LogP contribution in [0, 0.1) is 5.41 Å². The highest BCUT2D eigenvalue weighted by molar-refractivity contribution is 5.21. The zero-order chi connectivity index (χ0) is 15.5. The number of ether oxygens (including phenoxy) is 2. The Labute approximate surface area is 132 Å². The molecule has 1 fully saturated rings. The first-order valence-corrected chi connectivity index (χ1v) is 7.89. The molecule has 1 saturated heterocycles. The second-order valence-corrected chi connectivity index (χ2v) is 6.76. The van der Waals surface area contributed by atoms with E-state index in [0.717, 1.165) is 24.9 Å². The molecular formula is C18H24N2O2. The predicted octanol–water partition coefficient (Wildman–Crippen LogP) is 3.59. The highest BCUT2D eigenvalue weighted by Gasteiger charge is 2.41. The molecule has 0 bridgehead atoms. The highest BCUT2D eigenvalue weighted by atomic mass is 16.7. The van der Waals surface area contributed by atoms with Gasteiger partial charge in [0, 0.05) is 36.3 Å². The first-order valence-electron chi connectivity index (χ1n) is 7.89. The largest absolute Gasteiger partial charge is 0.345 e. The molecule has 22 heavy (non-hydrogen) atoms. The monoisotopic (exact) mass is 300 g/mol. The Bertz CT molecular complexity index is 568. The summed E-state index contributed by atoms with van der Waals surface area (Å²) in [5, 5.41) is 0. The van der Waals surface area contributed by atoms with Crippen molar-refractivity contribution in [2.45, 2.75) is 39.0 Å². The van der Waals surface area contributed by atoms with Gasteiger partial charge >= 0.3 is 0 Å². The van der Waals surface area contributed by atoms with Crippen molar-refractivity contribution in [1.29, 1.82) is 0 Å². The number of nitrogens with zero attached hydrogens (tertiary/aromatic N) is 2. The normalized spacial score (nSPS) is 19.9. The van der Waals surface area contributed by atoms with Crippen LogP contribution in [-0.2, 0) is 21.8 Å². The Morgan fingerprint density at radius 1 is 1.14 bits per heavy atom. The summed E-state index contributed by atoms with van der Waals surface area (Å²) in [5.41, 5.74) is 1.18. The Kier molecular flexibility index (Phi) is 4.32. The first-order chi connectivity index (χ1) is 10.6. The van der Waals surface area contributed by atoms with Gasteiger partial charge in [0.1, 0.15) is 0 Å². The Morgan fingerprint density at radius 2 is 1.86 bits per heavy atom. The standard InChI is InChI=1S/C18H24N2O2/c1-17(2)13-21-18(22-14-17,16-7-4-3-5-8-16)9-6-11-20-12-10-19-15-20/h3-5,7-8,10,12,15H,6,9,11,13-14H2,1-2H3. The van der Waals surface area contributed by atoms with Crippen LogP contribution in [0.15, 0.2) is 49.1 Å². The van der Waals surface area contributed by atoms with Gasteiger partial charge in [-0.25, -0.2) is 4.98 Å². The molecule has 1 aromatic heterocycles. The quantitative estimate of drug-likeness (QED) is 0.846. The van der Waals surface area contributed by atoms with Crippen LogP contribution < -0.4 is 0 Å². The summed E-state index contributed by atoms with van der Waals surface area (Å²) in [6.07, 6.45) is 7.46. The van der Waals surface area contributed by atoms with Crippen molar-refractivity contribution >= 4 is 0 Å². The number of hydrogen-bond donors (Lipinski definition) is 0. The van der Waals surface area contributed by atoms with E-state index in [9.17, 15) is 0 Å². The molecule has 2 heterocycles. The number of rotatable bonds is 5. The van der Waals surface area contributed by atoms with E-state index in [4.69, 9.17) is 9.47 Å². The molecule has 0 aliphatic carbocycles. The molecule has 0 N–H and O–H groups in total. The van der Waals surface area contributed by atoms with Crippen LogP contribution >= 0.6 is 0 Å². The molecule has 1 aliphatic heterocycles. The molecule has 0 unspecified atom stereocenters. The van der Waals surface area contributed by atoms with Gasteiger partial charge in [0.2, 0.25) is 0 Å². The van der Waals surface area contributed by atoms with Gasteiger partial charge < -0.3 is 14.0 Å². The van der Waals surface area contributed by atoms with Crippen molar-refractivity contribution in [1.82, 2.24) is 9.55 Å². The summed E-state index contributed by atoms with van der Waals surface area (Å²) in [7, 11) is 0. The fourth-order valence-corrected chi connectivity index (χ4v) is 2.77. The molecule has 0 spiro atoms. The van der Waals surface area contributed by atoms with Gasteiger partial charge in [-0.1, -0.05) is 44.2 Å². The fourth-order valence-electron chi connectivity index (χ4n) is 2.77. The van der Waals surface area contributed by atoms with Gasteiger partial charge in [0.15, 0.2) is 5.79 Å². The van der Waals surface area contributed by atoms with Crippen molar-refractivity contribution in [3.63, 3.8) is 0 Å². The third-order valence-corrected chi connectivity index (χ3v) is 4.09. The average molecular weight is 300 g/mol. The van der Waals surface area contributed by atoms with E-state index < -0.39 is 5.79 Å². The zero-order valence-corrected chi connectivity index (χ0v) is 13.4. The second-order valence-electron chi connectivity index (χ2n) is 6.76. The average Bonchev–Trinajstić information content (AvgIpc) is 3.04. The minimum Gasteiger partial charge on any atom is -0.345 e. The number of aromatic nitrogens is 2. The van der Waals surface area contributed by atoms with Gasteiger partial charge in [-0.15, -0.1) is 0 Å². The minimum atomic E-state index is -0.614. The molecule has 3 rings (SSSR count). The molecule has 1 aliphatic rings. The van der Waals surface area contributed by atoms with Gasteiger partial charge in [0.05, 0.1) is 19.5 Å². The molecule has 1 aromatic carbocycles. The fraction of sp³-hybridized carbons (Fsp3) is 0.500. The van der Waals surface area contributed by atoms with E-state index >= 15 is 0 Å². The van der Waals surface area contributed by atoms with Crippen molar-refractivity contribution in [3.05, 3.63) is 54.6 Å². The number of aryl methyl sites for hydroxylation is 1. The molecule has 0 radical (unpaired) electrons. The summed E-state index contributed by atoms with van der Waals surface area (Å²) in [5.74, 6) is -0.614. The van der Waals surface area contributed by atoms with E-state index in [0.29, 0.717) is 13.2 Å². The molecular weight excluding hydrogens is 276 g/mol.